The average Bonchev–Trinajstić information content (AvgIpc) is 2.91. The molecule has 2 unspecified atom stereocenters. The second-order valence-corrected chi connectivity index (χ2v) is 6.65. The van der Waals surface area contributed by atoms with Crippen LogP contribution in [0.5, 0.6) is 0 Å². The van der Waals surface area contributed by atoms with Gasteiger partial charge in [0.25, 0.3) is 0 Å². The van der Waals surface area contributed by atoms with E-state index in [9.17, 15) is 0 Å². The minimum atomic E-state index is 0.745. The maximum absolute atomic E-state index is 5.97. The van der Waals surface area contributed by atoms with Crippen molar-refractivity contribution in [3.05, 3.63) is 23.2 Å². The Kier molecular flexibility index (Phi) is 4.67. The van der Waals surface area contributed by atoms with Crippen LogP contribution in [-0.2, 0) is 13.1 Å². The predicted octanol–water partition coefficient (Wildman–Crippen LogP) is 2.37. The molecule has 1 aromatic heterocycles. The molecule has 2 saturated heterocycles. The number of likely N-dealkylation sites (N-methyl/N-ethyl adjacent to an activating group) is 1. The van der Waals surface area contributed by atoms with Crippen molar-refractivity contribution in [2.45, 2.75) is 58.3 Å². The van der Waals surface area contributed by atoms with E-state index in [1.54, 1.807) is 0 Å². The van der Waals surface area contributed by atoms with Crippen molar-refractivity contribution >= 4 is 0 Å². The molecular formula is C17H29N3O. The molecule has 0 saturated carbocycles. The second-order valence-electron chi connectivity index (χ2n) is 6.65. The zero-order chi connectivity index (χ0) is 14.8. The van der Waals surface area contributed by atoms with E-state index in [4.69, 9.17) is 4.42 Å². The number of rotatable bonds is 5. The fourth-order valence-corrected chi connectivity index (χ4v) is 3.84. The molecular weight excluding hydrogens is 262 g/mol. The van der Waals surface area contributed by atoms with Crippen LogP contribution >= 0.6 is 0 Å². The van der Waals surface area contributed by atoms with Crippen LogP contribution in [0, 0.1) is 6.92 Å². The smallest absolute Gasteiger partial charge is 0.118 e. The van der Waals surface area contributed by atoms with Crippen LogP contribution < -0.4 is 5.32 Å². The standard InChI is InChI=1S/C17H29N3O/c1-4-18-10-14-9-17(21-13(14)2)12-20-8-7-15-5-6-16(11-20)19(15)3/h9,15-16,18H,4-8,10-12H2,1-3H3. The van der Waals surface area contributed by atoms with Gasteiger partial charge in [-0.25, -0.2) is 0 Å². The molecule has 2 aliphatic rings. The zero-order valence-electron chi connectivity index (χ0n) is 13.7. The molecule has 2 aliphatic heterocycles. The van der Waals surface area contributed by atoms with Crippen LogP contribution in [-0.4, -0.2) is 48.6 Å². The lowest BCUT2D eigenvalue weighted by Gasteiger charge is -2.24. The van der Waals surface area contributed by atoms with Gasteiger partial charge >= 0.3 is 0 Å². The van der Waals surface area contributed by atoms with Crippen molar-refractivity contribution in [1.29, 1.82) is 0 Å². The molecule has 1 aromatic rings. The molecule has 1 N–H and O–H groups in total. The Bertz CT molecular complexity index is 471. The molecule has 21 heavy (non-hydrogen) atoms. The number of hydrogen-bond donors (Lipinski definition) is 1. The molecule has 0 aliphatic carbocycles. The number of nitrogens with one attached hydrogen (secondary N) is 1. The summed E-state index contributed by atoms with van der Waals surface area (Å²) in [7, 11) is 2.30. The van der Waals surface area contributed by atoms with Crippen molar-refractivity contribution in [3.63, 3.8) is 0 Å². The number of aryl methyl sites for hydroxylation is 1. The summed E-state index contributed by atoms with van der Waals surface area (Å²) in [6.45, 7) is 9.49. The Labute approximate surface area is 128 Å². The first-order valence-electron chi connectivity index (χ1n) is 8.40. The molecule has 118 valence electrons. The van der Waals surface area contributed by atoms with Gasteiger partial charge in [0.1, 0.15) is 11.5 Å². The highest BCUT2D eigenvalue weighted by atomic mass is 16.3. The molecule has 2 bridgehead atoms. The summed E-state index contributed by atoms with van der Waals surface area (Å²) in [4.78, 5) is 5.18. The van der Waals surface area contributed by atoms with Crippen molar-refractivity contribution < 1.29 is 4.42 Å². The fraction of sp³-hybridized carbons (Fsp3) is 0.765. The number of fused-ring (bicyclic) bond motifs is 2. The summed E-state index contributed by atoms with van der Waals surface area (Å²) in [6.07, 6.45) is 4.05. The van der Waals surface area contributed by atoms with Crippen LogP contribution in [0.25, 0.3) is 0 Å². The first-order chi connectivity index (χ1) is 10.2. The number of furan rings is 1. The van der Waals surface area contributed by atoms with Gasteiger partial charge in [0.05, 0.1) is 6.54 Å². The second kappa shape index (κ2) is 6.51. The maximum atomic E-state index is 5.97. The molecule has 3 rings (SSSR count). The third-order valence-corrected chi connectivity index (χ3v) is 5.25. The van der Waals surface area contributed by atoms with Gasteiger partial charge in [-0.05, 0) is 45.8 Å². The van der Waals surface area contributed by atoms with Crippen molar-refractivity contribution in [3.8, 4) is 0 Å². The van der Waals surface area contributed by atoms with Crippen molar-refractivity contribution in [2.24, 2.45) is 0 Å². The largest absolute Gasteiger partial charge is 0.465 e. The highest BCUT2D eigenvalue weighted by Crippen LogP contribution is 2.29. The summed E-state index contributed by atoms with van der Waals surface area (Å²) < 4.78 is 5.97. The van der Waals surface area contributed by atoms with E-state index in [0.29, 0.717) is 0 Å². The topological polar surface area (TPSA) is 31.6 Å². The Morgan fingerprint density at radius 2 is 2.10 bits per heavy atom. The monoisotopic (exact) mass is 291 g/mol. The Morgan fingerprint density at radius 1 is 1.29 bits per heavy atom. The van der Waals surface area contributed by atoms with Gasteiger partial charge in [0.15, 0.2) is 0 Å². The van der Waals surface area contributed by atoms with Gasteiger partial charge < -0.3 is 9.73 Å². The van der Waals surface area contributed by atoms with Crippen molar-refractivity contribution in [2.75, 3.05) is 26.7 Å². The maximum Gasteiger partial charge on any atom is 0.118 e. The van der Waals surface area contributed by atoms with Crippen molar-refractivity contribution in [1.82, 2.24) is 15.1 Å². The zero-order valence-corrected chi connectivity index (χ0v) is 13.7. The molecule has 0 radical (unpaired) electrons. The third kappa shape index (κ3) is 3.33. The average molecular weight is 291 g/mol. The van der Waals surface area contributed by atoms with E-state index in [0.717, 1.165) is 43.2 Å². The molecule has 4 nitrogen and oxygen atoms in total. The Morgan fingerprint density at radius 3 is 2.90 bits per heavy atom. The summed E-state index contributed by atoms with van der Waals surface area (Å²) >= 11 is 0. The van der Waals surface area contributed by atoms with E-state index in [1.165, 1.54) is 37.9 Å². The highest BCUT2D eigenvalue weighted by molar-refractivity contribution is 5.20. The Balaban J connectivity index is 1.61. The molecule has 0 spiro atoms. The minimum absolute atomic E-state index is 0.745. The van der Waals surface area contributed by atoms with Gasteiger partial charge in [0.2, 0.25) is 0 Å². The minimum Gasteiger partial charge on any atom is -0.465 e. The summed E-state index contributed by atoms with van der Waals surface area (Å²) in [5.74, 6) is 2.19. The lowest BCUT2D eigenvalue weighted by atomic mass is 10.1. The van der Waals surface area contributed by atoms with E-state index < -0.39 is 0 Å². The van der Waals surface area contributed by atoms with Crippen LogP contribution in [0.4, 0.5) is 0 Å². The molecule has 4 heteroatoms. The SMILES string of the molecule is CCNCc1cc(CN2CCC3CCC(C2)N3C)oc1C. The normalized spacial score (nSPS) is 27.2. The quantitative estimate of drug-likeness (QED) is 0.902. The highest BCUT2D eigenvalue weighted by Gasteiger charge is 2.34. The fourth-order valence-electron chi connectivity index (χ4n) is 3.84. The van der Waals surface area contributed by atoms with E-state index >= 15 is 0 Å². The molecule has 2 fully saturated rings. The van der Waals surface area contributed by atoms with Gasteiger partial charge in [-0.15, -0.1) is 0 Å². The van der Waals surface area contributed by atoms with Crippen LogP contribution in [0.1, 0.15) is 43.3 Å². The first kappa shape index (κ1) is 15.1. The van der Waals surface area contributed by atoms with Crippen LogP contribution in [0.2, 0.25) is 0 Å². The summed E-state index contributed by atoms with van der Waals surface area (Å²) in [5, 5.41) is 3.38. The molecule has 0 aromatic carbocycles. The molecule has 0 amide bonds. The predicted molar refractivity (Wildman–Crippen MR) is 85.3 cm³/mol. The van der Waals surface area contributed by atoms with E-state index in [1.807, 2.05) is 0 Å². The summed E-state index contributed by atoms with van der Waals surface area (Å²) in [6, 6.07) is 3.79. The van der Waals surface area contributed by atoms with E-state index in [-0.39, 0.29) is 0 Å². The lowest BCUT2D eigenvalue weighted by Crippen LogP contribution is -2.36. The summed E-state index contributed by atoms with van der Waals surface area (Å²) in [5.41, 5.74) is 1.31. The number of likely N-dealkylation sites (tertiary alicyclic amines) is 1. The van der Waals surface area contributed by atoms with Gasteiger partial charge in [-0.1, -0.05) is 6.92 Å². The van der Waals surface area contributed by atoms with Crippen LogP contribution in [0.3, 0.4) is 0 Å². The van der Waals surface area contributed by atoms with Gasteiger partial charge in [0, 0.05) is 37.3 Å². The lowest BCUT2D eigenvalue weighted by molar-refractivity contribution is 0.204. The van der Waals surface area contributed by atoms with Gasteiger partial charge in [-0.2, -0.15) is 0 Å². The molecule has 2 atom stereocenters. The van der Waals surface area contributed by atoms with Crippen LogP contribution in [0.15, 0.2) is 10.5 Å². The Hall–Kier alpha value is -0.840. The molecule has 3 heterocycles. The number of nitrogens with zero attached hydrogens (tertiary/aromatic N) is 2. The first-order valence-corrected chi connectivity index (χ1v) is 8.40. The van der Waals surface area contributed by atoms with Gasteiger partial charge in [-0.3, -0.25) is 9.80 Å². The van der Waals surface area contributed by atoms with E-state index in [2.05, 4.69) is 42.1 Å². The number of hydrogen-bond acceptors (Lipinski definition) is 4. The third-order valence-electron chi connectivity index (χ3n) is 5.25.